The molecule has 0 saturated carbocycles. The van der Waals surface area contributed by atoms with Gasteiger partial charge in [-0.1, -0.05) is 0 Å². The monoisotopic (exact) mass is 268 g/mol. The maximum absolute atomic E-state index is 6.05. The van der Waals surface area contributed by atoms with Gasteiger partial charge in [-0.2, -0.15) is 0 Å². The van der Waals surface area contributed by atoms with E-state index in [1.807, 2.05) is 6.92 Å². The van der Waals surface area contributed by atoms with Crippen LogP contribution in [0.2, 0.25) is 0 Å². The number of aromatic nitrogens is 1. The van der Waals surface area contributed by atoms with Gasteiger partial charge in [-0.05, 0) is 32.7 Å². The average Bonchev–Trinajstić information content (AvgIpc) is 2.97. The molecule has 4 nitrogen and oxygen atoms in total. The molecule has 5 heteroatoms. The molecule has 2 fully saturated rings. The first kappa shape index (κ1) is 12.5. The van der Waals surface area contributed by atoms with Crippen molar-refractivity contribution in [2.75, 3.05) is 13.2 Å². The Hall–Kier alpha value is -0.490. The molecule has 100 valence electrons. The van der Waals surface area contributed by atoms with E-state index in [-0.39, 0.29) is 6.10 Å². The molecule has 1 N–H and O–H groups in total. The summed E-state index contributed by atoms with van der Waals surface area (Å²) in [4.78, 5) is 4.39. The molecule has 2 aliphatic heterocycles. The highest BCUT2D eigenvalue weighted by Crippen LogP contribution is 2.25. The van der Waals surface area contributed by atoms with Gasteiger partial charge in [0.05, 0.1) is 36.1 Å². The third-order valence-corrected chi connectivity index (χ3v) is 4.49. The number of thiazole rings is 1. The first-order valence-electron chi connectivity index (χ1n) is 6.69. The fourth-order valence-electron chi connectivity index (χ4n) is 2.77. The van der Waals surface area contributed by atoms with Crippen LogP contribution in [0, 0.1) is 6.92 Å². The summed E-state index contributed by atoms with van der Waals surface area (Å²) in [5.74, 6) is 0. The van der Waals surface area contributed by atoms with Crippen molar-refractivity contribution in [2.24, 2.45) is 0 Å². The summed E-state index contributed by atoms with van der Waals surface area (Å²) in [6, 6.07) is 0.586. The number of hydrogen-bond donors (Lipinski definition) is 1. The van der Waals surface area contributed by atoms with Crippen LogP contribution in [-0.4, -0.2) is 36.4 Å². The Morgan fingerprint density at radius 2 is 2.44 bits per heavy atom. The predicted molar refractivity (Wildman–Crippen MR) is 70.8 cm³/mol. The molecule has 0 aliphatic carbocycles. The Labute approximate surface area is 112 Å². The lowest BCUT2D eigenvalue weighted by Gasteiger charge is -2.32. The second-order valence-corrected chi connectivity index (χ2v) is 6.16. The van der Waals surface area contributed by atoms with E-state index in [2.05, 4.69) is 15.7 Å². The van der Waals surface area contributed by atoms with Crippen LogP contribution in [0.15, 0.2) is 5.38 Å². The Morgan fingerprint density at radius 1 is 1.50 bits per heavy atom. The lowest BCUT2D eigenvalue weighted by atomic mass is 10.0. The fraction of sp³-hybridized carbons (Fsp3) is 0.769. The number of ether oxygens (including phenoxy) is 2. The van der Waals surface area contributed by atoms with E-state index < -0.39 is 0 Å². The van der Waals surface area contributed by atoms with Crippen LogP contribution in [0.4, 0.5) is 0 Å². The lowest BCUT2D eigenvalue weighted by Crippen LogP contribution is -2.41. The van der Waals surface area contributed by atoms with E-state index in [1.54, 1.807) is 11.3 Å². The largest absolute Gasteiger partial charge is 0.372 e. The molecule has 3 rings (SSSR count). The van der Waals surface area contributed by atoms with E-state index in [9.17, 15) is 0 Å². The van der Waals surface area contributed by atoms with Gasteiger partial charge in [0.15, 0.2) is 0 Å². The van der Waals surface area contributed by atoms with E-state index in [1.165, 1.54) is 6.42 Å². The molecule has 0 amide bonds. The highest BCUT2D eigenvalue weighted by molar-refractivity contribution is 7.09. The molecule has 0 radical (unpaired) electrons. The van der Waals surface area contributed by atoms with Crippen molar-refractivity contribution >= 4 is 11.3 Å². The SMILES string of the molecule is Cc1nc(COC[C@H]2CC[C@@H]3NCC[C@@H]3O2)cs1. The van der Waals surface area contributed by atoms with Crippen LogP contribution < -0.4 is 5.32 Å². The molecule has 0 spiro atoms. The zero-order valence-corrected chi connectivity index (χ0v) is 11.5. The van der Waals surface area contributed by atoms with Gasteiger partial charge >= 0.3 is 0 Å². The van der Waals surface area contributed by atoms with Crippen molar-refractivity contribution in [2.45, 2.75) is 51.0 Å². The van der Waals surface area contributed by atoms with Crippen LogP contribution in [0.1, 0.15) is 30.0 Å². The summed E-state index contributed by atoms with van der Waals surface area (Å²) in [7, 11) is 0. The number of hydrogen-bond acceptors (Lipinski definition) is 5. The van der Waals surface area contributed by atoms with Gasteiger partial charge in [0.1, 0.15) is 0 Å². The summed E-state index contributed by atoms with van der Waals surface area (Å²) in [6.45, 7) is 4.42. The van der Waals surface area contributed by atoms with Gasteiger partial charge in [0.25, 0.3) is 0 Å². The molecule has 18 heavy (non-hydrogen) atoms. The average molecular weight is 268 g/mol. The molecule has 2 saturated heterocycles. The zero-order valence-electron chi connectivity index (χ0n) is 10.7. The van der Waals surface area contributed by atoms with Crippen LogP contribution in [0.5, 0.6) is 0 Å². The number of nitrogens with one attached hydrogen (secondary N) is 1. The highest BCUT2D eigenvalue weighted by atomic mass is 32.1. The lowest BCUT2D eigenvalue weighted by molar-refractivity contribution is -0.0911. The first-order chi connectivity index (χ1) is 8.81. The Bertz CT molecular complexity index is 396. The molecule has 1 aromatic heterocycles. The molecule has 0 aromatic carbocycles. The molecule has 3 atom stereocenters. The van der Waals surface area contributed by atoms with Gasteiger partial charge in [-0.25, -0.2) is 4.98 Å². The van der Waals surface area contributed by atoms with Crippen LogP contribution in [0.25, 0.3) is 0 Å². The standard InChI is InChI=1S/C13H20N2O2S/c1-9-15-10(8-18-9)6-16-7-11-2-3-12-13(17-11)4-5-14-12/h8,11-14H,2-7H2,1H3/t11-,12+,13+/m1/s1. The maximum Gasteiger partial charge on any atom is 0.0898 e. The molecular weight excluding hydrogens is 248 g/mol. The Kier molecular flexibility index (Phi) is 3.94. The first-order valence-corrected chi connectivity index (χ1v) is 7.57. The van der Waals surface area contributed by atoms with Crippen molar-refractivity contribution < 1.29 is 9.47 Å². The molecule has 3 heterocycles. The van der Waals surface area contributed by atoms with Crippen LogP contribution in [0.3, 0.4) is 0 Å². The Balaban J connectivity index is 1.41. The number of aryl methyl sites for hydroxylation is 1. The number of fused-ring (bicyclic) bond motifs is 1. The molecule has 0 bridgehead atoms. The Morgan fingerprint density at radius 3 is 3.28 bits per heavy atom. The summed E-state index contributed by atoms with van der Waals surface area (Å²) >= 11 is 1.67. The van der Waals surface area contributed by atoms with E-state index >= 15 is 0 Å². The minimum atomic E-state index is 0.269. The van der Waals surface area contributed by atoms with Crippen LogP contribution in [-0.2, 0) is 16.1 Å². The van der Waals surface area contributed by atoms with Gasteiger partial charge in [0.2, 0.25) is 0 Å². The summed E-state index contributed by atoms with van der Waals surface area (Å²) in [5, 5.41) is 6.65. The number of nitrogens with zero attached hydrogens (tertiary/aromatic N) is 1. The molecule has 1 aromatic rings. The zero-order chi connectivity index (χ0) is 12.4. The van der Waals surface area contributed by atoms with E-state index in [4.69, 9.17) is 9.47 Å². The van der Waals surface area contributed by atoms with Crippen molar-refractivity contribution in [3.05, 3.63) is 16.1 Å². The van der Waals surface area contributed by atoms with E-state index in [0.717, 1.165) is 30.1 Å². The second-order valence-electron chi connectivity index (χ2n) is 5.10. The molecular formula is C13H20N2O2S. The van der Waals surface area contributed by atoms with Crippen molar-refractivity contribution in [1.29, 1.82) is 0 Å². The molecule has 0 unspecified atom stereocenters. The molecule has 2 aliphatic rings. The topological polar surface area (TPSA) is 43.4 Å². The quantitative estimate of drug-likeness (QED) is 0.905. The maximum atomic E-state index is 6.05. The van der Waals surface area contributed by atoms with Crippen molar-refractivity contribution in [3.63, 3.8) is 0 Å². The minimum Gasteiger partial charge on any atom is -0.372 e. The van der Waals surface area contributed by atoms with E-state index in [0.29, 0.717) is 25.4 Å². The van der Waals surface area contributed by atoms with Crippen molar-refractivity contribution in [1.82, 2.24) is 10.3 Å². The van der Waals surface area contributed by atoms with Crippen LogP contribution >= 0.6 is 11.3 Å². The normalized spacial score (nSPS) is 31.5. The number of rotatable bonds is 4. The third-order valence-electron chi connectivity index (χ3n) is 3.67. The summed E-state index contributed by atoms with van der Waals surface area (Å²) in [5.41, 5.74) is 1.04. The predicted octanol–water partition coefficient (Wildman–Crippen LogP) is 1.88. The van der Waals surface area contributed by atoms with Crippen molar-refractivity contribution in [3.8, 4) is 0 Å². The van der Waals surface area contributed by atoms with Gasteiger partial charge in [0, 0.05) is 11.4 Å². The van der Waals surface area contributed by atoms with Gasteiger partial charge in [-0.3, -0.25) is 0 Å². The second kappa shape index (κ2) is 5.65. The smallest absolute Gasteiger partial charge is 0.0898 e. The summed E-state index contributed by atoms with van der Waals surface area (Å²) < 4.78 is 11.8. The van der Waals surface area contributed by atoms with Gasteiger partial charge < -0.3 is 14.8 Å². The summed E-state index contributed by atoms with van der Waals surface area (Å²) in [6.07, 6.45) is 4.14. The van der Waals surface area contributed by atoms with Gasteiger partial charge in [-0.15, -0.1) is 11.3 Å². The fourth-order valence-corrected chi connectivity index (χ4v) is 3.36. The third kappa shape index (κ3) is 2.91. The minimum absolute atomic E-state index is 0.269. The highest BCUT2D eigenvalue weighted by Gasteiger charge is 2.34.